The number of carbonyl (C=O) groups excluding carboxylic acids is 1. The Balaban J connectivity index is 0.000000505. The van der Waals surface area contributed by atoms with E-state index in [0.717, 1.165) is 11.3 Å². The Morgan fingerprint density at radius 2 is 1.93 bits per heavy atom. The van der Waals surface area contributed by atoms with Crippen LogP contribution in [0.2, 0.25) is 4.47 Å². The molecule has 2 N–H and O–H groups in total. The summed E-state index contributed by atoms with van der Waals surface area (Å²) >= 11 is 6.79. The summed E-state index contributed by atoms with van der Waals surface area (Å²) in [5.41, 5.74) is 2.97. The molecule has 4 aromatic rings. The van der Waals surface area contributed by atoms with Gasteiger partial charge < -0.3 is 14.8 Å². The number of hydroxylamine groups is 2. The maximum Gasteiger partial charge on any atom is 0.320 e. The topological polar surface area (TPSA) is 129 Å². The maximum absolute atomic E-state index is 12.9. The zero-order chi connectivity index (χ0) is 29.6. The molecule has 216 valence electrons. The van der Waals surface area contributed by atoms with Crippen LogP contribution in [0.15, 0.2) is 54.3 Å². The molecular formula is C27H31ClN8O4S. The van der Waals surface area contributed by atoms with E-state index in [9.17, 15) is 4.79 Å². The lowest BCUT2D eigenvalue weighted by Crippen LogP contribution is -2.41. The van der Waals surface area contributed by atoms with Gasteiger partial charge in [0.05, 0.1) is 32.1 Å². The van der Waals surface area contributed by atoms with Crippen LogP contribution >= 0.6 is 22.9 Å². The number of anilines is 1. The van der Waals surface area contributed by atoms with Crippen molar-refractivity contribution < 1.29 is 19.1 Å². The number of halogens is 1. The number of rotatable bonds is 8. The SMILES string of the molecule is C#C.COCCN1C[C@@H](NC(=O)Nc2c(C)c(-c3cnc(OC)nc3)nn2-c2ccccc2)CO1.Clc1nccs1. The second-order valence-electron chi connectivity index (χ2n) is 8.28. The highest BCUT2D eigenvalue weighted by molar-refractivity contribution is 7.13. The number of benzene rings is 1. The highest BCUT2D eigenvalue weighted by Gasteiger charge is 2.26. The third-order valence-corrected chi connectivity index (χ3v) is 6.53. The lowest BCUT2D eigenvalue weighted by molar-refractivity contribution is -0.118. The highest BCUT2D eigenvalue weighted by atomic mass is 35.5. The molecule has 0 saturated carbocycles. The first-order chi connectivity index (χ1) is 20.0. The van der Waals surface area contributed by atoms with Crippen LogP contribution in [-0.4, -0.2) is 82.4 Å². The minimum absolute atomic E-state index is 0.135. The summed E-state index contributed by atoms with van der Waals surface area (Å²) < 4.78 is 12.4. The van der Waals surface area contributed by atoms with Gasteiger partial charge in [-0.3, -0.25) is 10.2 Å². The number of amides is 2. The van der Waals surface area contributed by atoms with E-state index in [-0.39, 0.29) is 18.1 Å². The summed E-state index contributed by atoms with van der Waals surface area (Å²) in [5, 5.41) is 14.3. The number of terminal acetylenes is 1. The molecule has 5 rings (SSSR count). The summed E-state index contributed by atoms with van der Waals surface area (Å²) in [7, 11) is 3.15. The maximum atomic E-state index is 12.9. The Morgan fingerprint density at radius 3 is 2.51 bits per heavy atom. The Labute approximate surface area is 247 Å². The average Bonchev–Trinajstić information content (AvgIpc) is 3.75. The van der Waals surface area contributed by atoms with Gasteiger partial charge in [0.1, 0.15) is 11.5 Å². The lowest BCUT2D eigenvalue weighted by Gasteiger charge is -2.15. The van der Waals surface area contributed by atoms with E-state index >= 15 is 0 Å². The molecule has 1 aromatic carbocycles. The number of methoxy groups -OCH3 is 2. The summed E-state index contributed by atoms with van der Waals surface area (Å²) in [6.07, 6.45) is 13.0. The molecule has 0 unspecified atom stereocenters. The van der Waals surface area contributed by atoms with Crippen LogP contribution in [0.1, 0.15) is 5.56 Å². The summed E-state index contributed by atoms with van der Waals surface area (Å²) in [4.78, 5) is 30.5. The van der Waals surface area contributed by atoms with Crippen LogP contribution < -0.4 is 15.4 Å². The van der Waals surface area contributed by atoms with Gasteiger partial charge in [0.2, 0.25) is 0 Å². The molecule has 1 saturated heterocycles. The van der Waals surface area contributed by atoms with E-state index in [2.05, 4.69) is 38.4 Å². The number of para-hydroxylation sites is 1. The van der Waals surface area contributed by atoms with E-state index in [1.54, 1.807) is 35.4 Å². The molecule has 0 spiro atoms. The summed E-state index contributed by atoms with van der Waals surface area (Å²) in [6, 6.07) is 9.39. The Bertz CT molecular complexity index is 1370. The predicted octanol–water partition coefficient (Wildman–Crippen LogP) is 4.08. The van der Waals surface area contributed by atoms with Gasteiger partial charge in [-0.05, 0) is 19.1 Å². The van der Waals surface area contributed by atoms with Crippen LogP contribution in [0.25, 0.3) is 16.9 Å². The van der Waals surface area contributed by atoms with E-state index in [0.29, 0.717) is 47.8 Å². The van der Waals surface area contributed by atoms with Gasteiger partial charge in [-0.15, -0.1) is 24.2 Å². The quantitative estimate of drug-likeness (QED) is 0.288. The van der Waals surface area contributed by atoms with Crippen molar-refractivity contribution in [1.82, 2.24) is 35.1 Å². The van der Waals surface area contributed by atoms with E-state index in [1.165, 1.54) is 18.4 Å². The molecule has 1 atom stereocenters. The normalized spacial score (nSPS) is 14.2. The van der Waals surface area contributed by atoms with Crippen molar-refractivity contribution in [2.75, 3.05) is 45.8 Å². The second kappa shape index (κ2) is 16.3. The van der Waals surface area contributed by atoms with Gasteiger partial charge in [-0.2, -0.15) is 10.2 Å². The molecule has 2 amide bonds. The molecule has 1 aliphatic rings. The fourth-order valence-electron chi connectivity index (χ4n) is 3.73. The molecule has 4 heterocycles. The van der Waals surface area contributed by atoms with Crippen molar-refractivity contribution in [1.29, 1.82) is 0 Å². The van der Waals surface area contributed by atoms with Gasteiger partial charge >= 0.3 is 12.0 Å². The molecule has 0 aliphatic carbocycles. The van der Waals surface area contributed by atoms with Crippen molar-refractivity contribution in [3.8, 4) is 35.8 Å². The van der Waals surface area contributed by atoms with Crippen LogP contribution in [0, 0.1) is 19.8 Å². The Kier molecular flexibility index (Phi) is 12.5. The third kappa shape index (κ3) is 8.97. The van der Waals surface area contributed by atoms with Crippen molar-refractivity contribution in [3.63, 3.8) is 0 Å². The average molecular weight is 599 g/mol. The molecule has 3 aromatic heterocycles. The smallest absolute Gasteiger partial charge is 0.320 e. The lowest BCUT2D eigenvalue weighted by atomic mass is 10.1. The highest BCUT2D eigenvalue weighted by Crippen LogP contribution is 2.30. The zero-order valence-electron chi connectivity index (χ0n) is 22.9. The van der Waals surface area contributed by atoms with Crippen LogP contribution in [0.4, 0.5) is 10.6 Å². The van der Waals surface area contributed by atoms with E-state index < -0.39 is 0 Å². The van der Waals surface area contributed by atoms with Gasteiger partial charge in [0, 0.05) is 55.3 Å². The predicted molar refractivity (Wildman–Crippen MR) is 158 cm³/mol. The van der Waals surface area contributed by atoms with Gasteiger partial charge in [0.25, 0.3) is 0 Å². The Morgan fingerprint density at radius 1 is 1.20 bits per heavy atom. The monoisotopic (exact) mass is 598 g/mol. The summed E-state index contributed by atoms with van der Waals surface area (Å²) in [5.74, 6) is 0.555. The molecule has 14 heteroatoms. The number of nitrogens with zero attached hydrogens (tertiary/aromatic N) is 6. The largest absolute Gasteiger partial charge is 0.467 e. The Hall–Kier alpha value is -4.06. The van der Waals surface area contributed by atoms with Gasteiger partial charge in [-0.25, -0.2) is 24.4 Å². The number of ether oxygens (including phenoxy) is 2. The minimum atomic E-state index is -0.338. The second-order valence-corrected chi connectivity index (χ2v) is 9.76. The van der Waals surface area contributed by atoms with E-state index in [4.69, 9.17) is 31.0 Å². The number of aromatic nitrogens is 5. The van der Waals surface area contributed by atoms with Crippen LogP contribution in [0.3, 0.4) is 0 Å². The molecular weight excluding hydrogens is 568 g/mol. The standard InChI is InChI=1S/C22H27N7O4.C3H2ClNS.C2H2/c1-15-19(16-11-23-22(32-3)24-12-16)27-29(18-7-5-4-6-8-18)20(15)26-21(30)25-17-13-28(33-14-17)9-10-31-2;4-3-5-1-2-6-3;1-2/h4-8,11-12,17H,9-10,13-14H2,1-3H3,(H2,25,26,30);1-2H;1-2H/t17-;;/m1../s1. The minimum Gasteiger partial charge on any atom is -0.467 e. The fraction of sp³-hybridized carbons (Fsp3) is 0.296. The summed E-state index contributed by atoms with van der Waals surface area (Å²) in [6.45, 7) is 4.09. The van der Waals surface area contributed by atoms with Gasteiger partial charge in [0.15, 0.2) is 4.47 Å². The molecule has 0 bridgehead atoms. The number of carbonyl (C=O) groups is 1. The third-order valence-electron chi connectivity index (χ3n) is 5.60. The number of hydrogen-bond donors (Lipinski definition) is 2. The number of thiazole rings is 1. The van der Waals surface area contributed by atoms with Crippen LogP contribution in [0.5, 0.6) is 6.01 Å². The molecule has 1 fully saturated rings. The molecule has 41 heavy (non-hydrogen) atoms. The first-order valence-corrected chi connectivity index (χ1v) is 13.6. The number of hydrogen-bond acceptors (Lipinski definition) is 10. The number of urea groups is 1. The van der Waals surface area contributed by atoms with Crippen LogP contribution in [-0.2, 0) is 9.57 Å². The molecule has 12 nitrogen and oxygen atoms in total. The van der Waals surface area contributed by atoms with Crippen molar-refractivity contribution in [2.24, 2.45) is 0 Å². The van der Waals surface area contributed by atoms with Crippen molar-refractivity contribution >= 4 is 34.8 Å². The molecule has 0 radical (unpaired) electrons. The first-order valence-electron chi connectivity index (χ1n) is 12.3. The first kappa shape index (κ1) is 31.5. The molecule has 1 aliphatic heterocycles. The number of nitrogens with one attached hydrogen (secondary N) is 2. The van der Waals surface area contributed by atoms with Crippen molar-refractivity contribution in [3.05, 3.63) is 64.3 Å². The van der Waals surface area contributed by atoms with Crippen molar-refractivity contribution in [2.45, 2.75) is 13.0 Å². The zero-order valence-corrected chi connectivity index (χ0v) is 24.4. The fourth-order valence-corrected chi connectivity index (χ4v) is 4.30. The van der Waals surface area contributed by atoms with Gasteiger partial charge in [-0.1, -0.05) is 29.8 Å². The van der Waals surface area contributed by atoms with E-state index in [1.807, 2.05) is 42.6 Å².